The number of nitrogens with two attached hydrogens (primary N) is 1. The van der Waals surface area contributed by atoms with Gasteiger partial charge in [0.05, 0.1) is 11.4 Å². The van der Waals surface area contributed by atoms with Gasteiger partial charge in [0.2, 0.25) is 5.82 Å². The molecular formula is C29H25F2N7O2. The number of fused-ring (bicyclic) bond motifs is 1. The Hall–Kier alpha value is -4.85. The third kappa shape index (κ3) is 4.84. The molecule has 1 aliphatic heterocycles. The zero-order valence-electron chi connectivity index (χ0n) is 21.4. The molecule has 3 heterocycles. The van der Waals surface area contributed by atoms with Crippen LogP contribution in [0.4, 0.5) is 14.6 Å². The number of hydrogen-bond donors (Lipinski definition) is 1. The van der Waals surface area contributed by atoms with Crippen molar-refractivity contribution in [2.45, 2.75) is 31.7 Å². The normalized spacial score (nSPS) is 17.6. The van der Waals surface area contributed by atoms with Crippen LogP contribution in [-0.4, -0.2) is 43.6 Å². The molecule has 1 saturated heterocycles. The van der Waals surface area contributed by atoms with Crippen molar-refractivity contribution in [1.29, 1.82) is 5.26 Å². The van der Waals surface area contributed by atoms with E-state index >= 15 is 0 Å². The molecule has 2 fully saturated rings. The second kappa shape index (κ2) is 10.4. The van der Waals surface area contributed by atoms with E-state index in [1.165, 1.54) is 18.5 Å². The molecule has 2 aromatic heterocycles. The Morgan fingerprint density at radius 3 is 2.67 bits per heavy atom. The van der Waals surface area contributed by atoms with E-state index < -0.39 is 11.6 Å². The molecule has 0 radical (unpaired) electrons. The first kappa shape index (κ1) is 25.4. The van der Waals surface area contributed by atoms with Crippen molar-refractivity contribution in [1.82, 2.24) is 24.6 Å². The SMILES string of the molecule is N#C/C(=C\C1CC1)C(=O)N1CCC[C@@H](n2nc(-c3ccc(Oc4cccc(F)c4F)cc3)c3c(N)ncnc32)C1. The van der Waals surface area contributed by atoms with Crippen molar-refractivity contribution in [3.8, 4) is 28.8 Å². The highest BCUT2D eigenvalue weighted by atomic mass is 19.2. The zero-order chi connectivity index (χ0) is 27.8. The van der Waals surface area contributed by atoms with Crippen LogP contribution < -0.4 is 10.5 Å². The predicted molar refractivity (Wildman–Crippen MR) is 143 cm³/mol. The number of hydrogen-bond acceptors (Lipinski definition) is 7. The summed E-state index contributed by atoms with van der Waals surface area (Å²) in [7, 11) is 0. The first-order chi connectivity index (χ1) is 19.4. The fourth-order valence-corrected chi connectivity index (χ4v) is 4.99. The van der Waals surface area contributed by atoms with E-state index in [9.17, 15) is 18.8 Å². The highest BCUT2D eigenvalue weighted by Gasteiger charge is 2.31. The van der Waals surface area contributed by atoms with Crippen LogP contribution in [0.25, 0.3) is 22.3 Å². The fourth-order valence-electron chi connectivity index (χ4n) is 4.99. The average molecular weight is 542 g/mol. The minimum Gasteiger partial charge on any atom is -0.454 e. The van der Waals surface area contributed by atoms with E-state index in [0.717, 1.165) is 31.7 Å². The number of halogens is 2. The van der Waals surface area contributed by atoms with Crippen LogP contribution in [0.15, 0.2) is 60.4 Å². The number of benzene rings is 2. The lowest BCUT2D eigenvalue weighted by molar-refractivity contribution is -0.128. The van der Waals surface area contributed by atoms with Gasteiger partial charge in [0.15, 0.2) is 17.2 Å². The van der Waals surface area contributed by atoms with E-state index in [4.69, 9.17) is 15.6 Å². The molecule has 1 atom stereocenters. The van der Waals surface area contributed by atoms with Crippen LogP contribution in [0.2, 0.25) is 0 Å². The quantitative estimate of drug-likeness (QED) is 0.264. The number of nitrogens with zero attached hydrogens (tertiary/aromatic N) is 6. The molecule has 202 valence electrons. The monoisotopic (exact) mass is 541 g/mol. The van der Waals surface area contributed by atoms with Gasteiger partial charge < -0.3 is 15.4 Å². The van der Waals surface area contributed by atoms with Crippen molar-refractivity contribution in [2.24, 2.45) is 5.92 Å². The minimum atomic E-state index is -1.06. The van der Waals surface area contributed by atoms with E-state index in [-0.39, 0.29) is 29.1 Å². The summed E-state index contributed by atoms with van der Waals surface area (Å²) in [5, 5.41) is 15.0. The molecule has 9 nitrogen and oxygen atoms in total. The molecule has 1 aliphatic carbocycles. The summed E-state index contributed by atoms with van der Waals surface area (Å²) < 4.78 is 34.9. The molecule has 4 aromatic rings. The number of amides is 1. The molecule has 1 saturated carbocycles. The Kier molecular flexibility index (Phi) is 6.59. The zero-order valence-corrected chi connectivity index (χ0v) is 21.4. The topological polar surface area (TPSA) is 123 Å². The Labute approximate surface area is 228 Å². The molecule has 11 heteroatoms. The van der Waals surface area contributed by atoms with Crippen molar-refractivity contribution >= 4 is 22.8 Å². The maximum atomic E-state index is 14.0. The van der Waals surface area contributed by atoms with Crippen LogP contribution >= 0.6 is 0 Å². The largest absolute Gasteiger partial charge is 0.454 e. The molecule has 0 bridgehead atoms. The van der Waals surface area contributed by atoms with Crippen LogP contribution in [0.5, 0.6) is 11.5 Å². The summed E-state index contributed by atoms with van der Waals surface area (Å²) in [4.78, 5) is 23.5. The molecule has 0 unspecified atom stereocenters. The second-order valence-electron chi connectivity index (χ2n) is 10.0. The maximum absolute atomic E-state index is 14.0. The molecule has 40 heavy (non-hydrogen) atoms. The summed E-state index contributed by atoms with van der Waals surface area (Å²) >= 11 is 0. The highest BCUT2D eigenvalue weighted by Crippen LogP contribution is 2.36. The second-order valence-corrected chi connectivity index (χ2v) is 10.0. The number of nitriles is 1. The lowest BCUT2D eigenvalue weighted by Crippen LogP contribution is -2.41. The standard InChI is InChI=1S/C29H25F2N7O2/c30-22-4-1-5-23(25(22)31)40-21-10-8-18(9-11-21)26-24-27(33)34-16-35-28(24)38(36-26)20-3-2-12-37(15-20)29(39)19(14-32)13-17-6-7-17/h1,4-5,8-11,13,16-17,20H,2-3,6-7,12,15H2,(H2,33,34,35)/b19-13+/t20-/m1/s1. The van der Waals surface area contributed by atoms with Gasteiger partial charge in [0.25, 0.3) is 5.91 Å². The van der Waals surface area contributed by atoms with Crippen molar-refractivity contribution in [3.05, 3.63) is 72.1 Å². The van der Waals surface area contributed by atoms with Gasteiger partial charge in [-0.3, -0.25) is 4.79 Å². The Bertz CT molecular complexity index is 1670. The number of piperidine rings is 1. The van der Waals surface area contributed by atoms with E-state index in [1.54, 1.807) is 39.9 Å². The van der Waals surface area contributed by atoms with E-state index in [1.807, 2.05) is 0 Å². The van der Waals surface area contributed by atoms with Crippen molar-refractivity contribution < 1.29 is 18.3 Å². The van der Waals surface area contributed by atoms with E-state index in [0.29, 0.717) is 47.0 Å². The summed E-state index contributed by atoms with van der Waals surface area (Å²) in [6.07, 6.45) is 6.71. The molecule has 6 rings (SSSR count). The molecule has 2 aliphatic rings. The first-order valence-corrected chi connectivity index (χ1v) is 13.0. The van der Waals surface area contributed by atoms with Crippen LogP contribution in [0.3, 0.4) is 0 Å². The summed E-state index contributed by atoms with van der Waals surface area (Å²) in [5.41, 5.74) is 8.25. The molecule has 2 N–H and O–H groups in total. The van der Waals surface area contributed by atoms with Crippen LogP contribution in [0, 0.1) is 28.9 Å². The first-order valence-electron chi connectivity index (χ1n) is 13.0. The van der Waals surface area contributed by atoms with Crippen molar-refractivity contribution in [3.63, 3.8) is 0 Å². The lowest BCUT2D eigenvalue weighted by Gasteiger charge is -2.32. The summed E-state index contributed by atoms with van der Waals surface area (Å²) in [6, 6.07) is 12.4. The predicted octanol–water partition coefficient (Wildman–Crippen LogP) is 5.17. The van der Waals surface area contributed by atoms with Gasteiger partial charge in [-0.2, -0.15) is 14.8 Å². The van der Waals surface area contributed by atoms with Gasteiger partial charge in [-0.05, 0) is 68.0 Å². The number of carbonyl (C=O) groups excluding carboxylic acids is 1. The Morgan fingerprint density at radius 1 is 1.12 bits per heavy atom. The van der Waals surface area contributed by atoms with Crippen molar-refractivity contribution in [2.75, 3.05) is 18.8 Å². The number of ether oxygens (including phenoxy) is 1. The van der Waals surface area contributed by atoms with E-state index in [2.05, 4.69) is 16.0 Å². The molecule has 1 amide bonds. The van der Waals surface area contributed by atoms with Gasteiger partial charge >= 0.3 is 0 Å². The molecule has 2 aromatic carbocycles. The van der Waals surface area contributed by atoms with Gasteiger partial charge in [-0.25, -0.2) is 19.0 Å². The van der Waals surface area contributed by atoms with Crippen LogP contribution in [-0.2, 0) is 4.79 Å². The number of nitrogen functional groups attached to an aromatic ring is 1. The third-order valence-electron chi connectivity index (χ3n) is 7.19. The maximum Gasteiger partial charge on any atom is 0.264 e. The molecule has 0 spiro atoms. The smallest absolute Gasteiger partial charge is 0.264 e. The number of likely N-dealkylation sites (tertiary alicyclic amines) is 1. The summed E-state index contributed by atoms with van der Waals surface area (Å²) in [6.45, 7) is 0.949. The van der Waals surface area contributed by atoms with Gasteiger partial charge in [-0.15, -0.1) is 0 Å². The number of carbonyl (C=O) groups is 1. The highest BCUT2D eigenvalue weighted by molar-refractivity contribution is 5.99. The number of rotatable bonds is 6. The van der Waals surface area contributed by atoms with Gasteiger partial charge in [0.1, 0.15) is 35.2 Å². The van der Waals surface area contributed by atoms with Gasteiger partial charge in [-0.1, -0.05) is 12.1 Å². The van der Waals surface area contributed by atoms with Crippen LogP contribution in [0.1, 0.15) is 31.7 Å². The third-order valence-corrected chi connectivity index (χ3v) is 7.19. The average Bonchev–Trinajstić information content (AvgIpc) is 3.71. The lowest BCUT2D eigenvalue weighted by atomic mass is 10.0. The van der Waals surface area contributed by atoms with Gasteiger partial charge in [0, 0.05) is 18.7 Å². The molecular weight excluding hydrogens is 516 g/mol. The number of anilines is 1. The summed E-state index contributed by atoms with van der Waals surface area (Å²) in [5.74, 6) is -1.63. The Morgan fingerprint density at radius 2 is 1.93 bits per heavy atom. The number of allylic oxidation sites excluding steroid dienone is 1. The fraction of sp³-hybridized carbons (Fsp3) is 0.276. The minimum absolute atomic E-state index is 0.178. The Balaban J connectivity index is 1.30. The number of aromatic nitrogens is 4.